The number of aliphatic carboxylic acids is 1. The second-order valence-electron chi connectivity index (χ2n) is 8.20. The minimum absolute atomic E-state index is 0.0694. The van der Waals surface area contributed by atoms with Crippen molar-refractivity contribution in [1.29, 1.82) is 0 Å². The second kappa shape index (κ2) is 9.64. The molecule has 0 aliphatic heterocycles. The molecule has 0 aromatic heterocycles. The number of alkyl carbamates (subject to hydrolysis) is 1. The zero-order valence-electron chi connectivity index (χ0n) is 17.9. The second-order valence-corrected chi connectivity index (χ2v) is 8.20. The van der Waals surface area contributed by atoms with Crippen LogP contribution in [0.2, 0.25) is 0 Å². The summed E-state index contributed by atoms with van der Waals surface area (Å²) in [5, 5.41) is 14.1. The number of nitrogens with one attached hydrogen (secondary N) is 2. The monoisotopic (exact) mass is 424 g/mol. The first kappa shape index (κ1) is 22.3. The van der Waals surface area contributed by atoms with Crippen molar-refractivity contribution in [2.45, 2.75) is 45.2 Å². The molecule has 2 atom stereocenters. The number of carboxylic acid groups (broad SMARTS) is 1. The molecule has 0 saturated carbocycles. The molecular weight excluding hydrogens is 396 g/mol. The number of amides is 2. The number of carbonyl (C=O) groups is 3. The first-order valence-corrected chi connectivity index (χ1v) is 10.4. The van der Waals surface area contributed by atoms with Crippen LogP contribution < -0.4 is 10.6 Å². The Morgan fingerprint density at radius 3 is 2.00 bits per heavy atom. The zero-order chi connectivity index (χ0) is 22.5. The van der Waals surface area contributed by atoms with Crippen LogP contribution in [0.4, 0.5) is 4.79 Å². The molecule has 31 heavy (non-hydrogen) atoms. The lowest BCUT2D eigenvalue weighted by Crippen LogP contribution is -2.52. The molecule has 0 saturated heterocycles. The van der Waals surface area contributed by atoms with Gasteiger partial charge >= 0.3 is 12.1 Å². The third kappa shape index (κ3) is 5.23. The largest absolute Gasteiger partial charge is 0.481 e. The highest BCUT2D eigenvalue weighted by Crippen LogP contribution is 2.44. The minimum atomic E-state index is -1.00. The lowest BCUT2D eigenvalue weighted by molar-refractivity contribution is -0.137. The van der Waals surface area contributed by atoms with Gasteiger partial charge in [-0.1, -0.05) is 62.4 Å². The van der Waals surface area contributed by atoms with E-state index < -0.39 is 30.1 Å². The fraction of sp³-hybridized carbons (Fsp3) is 0.375. The quantitative estimate of drug-likeness (QED) is 0.601. The number of rotatable bonds is 8. The Balaban J connectivity index is 1.63. The van der Waals surface area contributed by atoms with Crippen LogP contribution in [-0.4, -0.2) is 41.8 Å². The van der Waals surface area contributed by atoms with Crippen LogP contribution in [0.25, 0.3) is 11.1 Å². The third-order valence-electron chi connectivity index (χ3n) is 5.44. The molecule has 164 valence electrons. The molecule has 0 heterocycles. The molecule has 7 nitrogen and oxygen atoms in total. The molecular formula is C24H28N2O5. The van der Waals surface area contributed by atoms with Crippen LogP contribution in [0.3, 0.4) is 0 Å². The summed E-state index contributed by atoms with van der Waals surface area (Å²) < 4.78 is 5.52. The van der Waals surface area contributed by atoms with Crippen molar-refractivity contribution < 1.29 is 24.2 Å². The topological polar surface area (TPSA) is 105 Å². The molecule has 0 bridgehead atoms. The average molecular weight is 424 g/mol. The number of fused-ring (bicyclic) bond motifs is 3. The van der Waals surface area contributed by atoms with Gasteiger partial charge < -0.3 is 20.5 Å². The van der Waals surface area contributed by atoms with Crippen LogP contribution in [0.15, 0.2) is 48.5 Å². The third-order valence-corrected chi connectivity index (χ3v) is 5.44. The Morgan fingerprint density at radius 1 is 0.935 bits per heavy atom. The molecule has 1 aliphatic rings. The van der Waals surface area contributed by atoms with Crippen molar-refractivity contribution in [2.24, 2.45) is 5.92 Å². The summed E-state index contributed by atoms with van der Waals surface area (Å²) in [7, 11) is 0. The predicted octanol–water partition coefficient (Wildman–Crippen LogP) is 3.53. The predicted molar refractivity (Wildman–Crippen MR) is 117 cm³/mol. The summed E-state index contributed by atoms with van der Waals surface area (Å²) in [4.78, 5) is 35.8. The van der Waals surface area contributed by atoms with E-state index in [-0.39, 0.29) is 24.9 Å². The molecule has 0 radical (unpaired) electrons. The molecule has 2 unspecified atom stereocenters. The van der Waals surface area contributed by atoms with E-state index in [0.717, 1.165) is 22.3 Å². The lowest BCUT2D eigenvalue weighted by Gasteiger charge is -2.24. The Labute approximate surface area is 181 Å². The normalized spacial score (nSPS) is 14.3. The standard InChI is InChI=1S/C24H28N2O5/c1-14(2)22(23(29)25-15(3)12-21(27)28)26-24(30)31-13-20-18-10-6-4-8-16(18)17-9-5-7-11-19(17)20/h4-11,14-15,20,22H,12-13H2,1-3H3,(H,25,29)(H,26,30)(H,27,28). The van der Waals surface area contributed by atoms with Crippen LogP contribution in [0.5, 0.6) is 0 Å². The van der Waals surface area contributed by atoms with Gasteiger partial charge in [0.25, 0.3) is 0 Å². The number of carboxylic acids is 1. The highest BCUT2D eigenvalue weighted by Gasteiger charge is 2.30. The van der Waals surface area contributed by atoms with Crippen LogP contribution >= 0.6 is 0 Å². The minimum Gasteiger partial charge on any atom is -0.481 e. The van der Waals surface area contributed by atoms with Crippen molar-refractivity contribution in [3.05, 3.63) is 59.7 Å². The zero-order valence-corrected chi connectivity index (χ0v) is 17.9. The molecule has 3 N–H and O–H groups in total. The summed E-state index contributed by atoms with van der Waals surface area (Å²) in [6.07, 6.45) is -0.872. The maximum atomic E-state index is 12.5. The number of hydrogen-bond donors (Lipinski definition) is 3. The van der Waals surface area contributed by atoms with E-state index in [1.165, 1.54) is 0 Å². The maximum Gasteiger partial charge on any atom is 0.407 e. The summed E-state index contributed by atoms with van der Waals surface area (Å²) in [5.74, 6) is -1.70. The van der Waals surface area contributed by atoms with E-state index in [4.69, 9.17) is 9.84 Å². The SMILES string of the molecule is CC(CC(=O)O)NC(=O)C(NC(=O)OCC1c2ccccc2-c2ccccc21)C(C)C. The van der Waals surface area contributed by atoms with Crippen molar-refractivity contribution in [2.75, 3.05) is 6.61 Å². The average Bonchev–Trinajstić information content (AvgIpc) is 3.03. The molecule has 7 heteroatoms. The fourth-order valence-electron chi connectivity index (χ4n) is 3.95. The van der Waals surface area contributed by atoms with Crippen LogP contribution in [0.1, 0.15) is 44.2 Å². The summed E-state index contributed by atoms with van der Waals surface area (Å²) in [6.45, 7) is 5.37. The summed E-state index contributed by atoms with van der Waals surface area (Å²) >= 11 is 0. The van der Waals surface area contributed by atoms with E-state index in [1.54, 1.807) is 20.8 Å². The van der Waals surface area contributed by atoms with Gasteiger partial charge in [0.1, 0.15) is 12.6 Å². The first-order valence-electron chi connectivity index (χ1n) is 10.4. The molecule has 2 amide bonds. The van der Waals surface area contributed by atoms with E-state index in [9.17, 15) is 14.4 Å². The Kier molecular flexibility index (Phi) is 6.95. The number of carbonyl (C=O) groups excluding carboxylic acids is 2. The van der Waals surface area contributed by atoms with E-state index in [1.807, 2.05) is 36.4 Å². The van der Waals surface area contributed by atoms with Gasteiger partial charge in [-0.3, -0.25) is 9.59 Å². The van der Waals surface area contributed by atoms with Crippen LogP contribution in [0, 0.1) is 5.92 Å². The maximum absolute atomic E-state index is 12.5. The molecule has 2 aromatic carbocycles. The van der Waals surface area contributed by atoms with Gasteiger partial charge in [-0.25, -0.2) is 4.79 Å². The first-order chi connectivity index (χ1) is 14.8. The van der Waals surface area contributed by atoms with Gasteiger partial charge in [0.15, 0.2) is 0 Å². The smallest absolute Gasteiger partial charge is 0.407 e. The summed E-state index contributed by atoms with van der Waals surface area (Å²) in [5.41, 5.74) is 4.49. The van der Waals surface area contributed by atoms with Gasteiger partial charge in [-0.15, -0.1) is 0 Å². The highest BCUT2D eigenvalue weighted by atomic mass is 16.5. The van der Waals surface area contributed by atoms with Gasteiger partial charge in [0.2, 0.25) is 5.91 Å². The van der Waals surface area contributed by atoms with Gasteiger partial charge in [0.05, 0.1) is 6.42 Å². The van der Waals surface area contributed by atoms with Gasteiger partial charge in [-0.2, -0.15) is 0 Å². The highest BCUT2D eigenvalue weighted by molar-refractivity contribution is 5.86. The lowest BCUT2D eigenvalue weighted by atomic mass is 9.98. The van der Waals surface area contributed by atoms with Crippen molar-refractivity contribution in [3.8, 4) is 11.1 Å². The van der Waals surface area contributed by atoms with Crippen molar-refractivity contribution >= 4 is 18.0 Å². The van der Waals surface area contributed by atoms with Crippen molar-refractivity contribution in [1.82, 2.24) is 10.6 Å². The number of benzene rings is 2. The molecule has 2 aromatic rings. The Hall–Kier alpha value is -3.35. The van der Waals surface area contributed by atoms with Crippen LogP contribution in [-0.2, 0) is 14.3 Å². The van der Waals surface area contributed by atoms with Crippen molar-refractivity contribution in [3.63, 3.8) is 0 Å². The molecule has 1 aliphatic carbocycles. The van der Waals surface area contributed by atoms with E-state index in [0.29, 0.717) is 0 Å². The Bertz CT molecular complexity index is 926. The number of ether oxygens (including phenoxy) is 1. The molecule has 0 spiro atoms. The Morgan fingerprint density at radius 2 is 1.48 bits per heavy atom. The van der Waals surface area contributed by atoms with E-state index >= 15 is 0 Å². The van der Waals surface area contributed by atoms with E-state index in [2.05, 4.69) is 22.8 Å². The van der Waals surface area contributed by atoms with Gasteiger partial charge in [0, 0.05) is 12.0 Å². The molecule has 3 rings (SSSR count). The molecule has 0 fully saturated rings. The fourth-order valence-corrected chi connectivity index (χ4v) is 3.95. The van der Waals surface area contributed by atoms with Gasteiger partial charge in [-0.05, 0) is 35.1 Å². The summed E-state index contributed by atoms with van der Waals surface area (Å²) in [6, 6.07) is 14.7. The number of hydrogen-bond acceptors (Lipinski definition) is 4.